The van der Waals surface area contributed by atoms with Crippen LogP contribution in [-0.4, -0.2) is 25.0 Å². The van der Waals surface area contributed by atoms with E-state index in [1.807, 2.05) is 13.0 Å². The number of rotatable bonds is 5. The number of halogens is 1. The van der Waals surface area contributed by atoms with Gasteiger partial charge >= 0.3 is 0 Å². The first kappa shape index (κ1) is 14.7. The van der Waals surface area contributed by atoms with Gasteiger partial charge in [0, 0.05) is 0 Å². The summed E-state index contributed by atoms with van der Waals surface area (Å²) in [6, 6.07) is 3.67. The SMILES string of the molecule is CCOc1c(Br)cc(/C=N/NC(N)=S)cc1OC. The zero-order valence-electron chi connectivity index (χ0n) is 10.1. The van der Waals surface area contributed by atoms with E-state index < -0.39 is 0 Å². The first-order valence-corrected chi connectivity index (χ1v) is 6.37. The Balaban J connectivity index is 2.99. The van der Waals surface area contributed by atoms with Crippen LogP contribution in [0.2, 0.25) is 0 Å². The molecule has 0 radical (unpaired) electrons. The summed E-state index contributed by atoms with van der Waals surface area (Å²) in [6.07, 6.45) is 1.59. The van der Waals surface area contributed by atoms with E-state index in [4.69, 9.17) is 15.2 Å². The fourth-order valence-electron chi connectivity index (χ4n) is 1.27. The molecule has 0 atom stereocenters. The molecule has 0 aliphatic heterocycles. The van der Waals surface area contributed by atoms with Gasteiger partial charge in [-0.05, 0) is 52.8 Å². The molecule has 1 rings (SSSR count). The monoisotopic (exact) mass is 331 g/mol. The molecule has 0 aliphatic rings. The molecule has 0 unspecified atom stereocenters. The molecule has 98 valence electrons. The van der Waals surface area contributed by atoms with Gasteiger partial charge < -0.3 is 15.2 Å². The quantitative estimate of drug-likeness (QED) is 0.491. The second-order valence-corrected chi connectivity index (χ2v) is 4.50. The lowest BCUT2D eigenvalue weighted by Gasteiger charge is -2.11. The normalized spacial score (nSPS) is 10.4. The zero-order valence-corrected chi connectivity index (χ0v) is 12.5. The highest BCUT2D eigenvalue weighted by atomic mass is 79.9. The number of nitrogens with two attached hydrogens (primary N) is 1. The molecule has 0 fully saturated rings. The van der Waals surface area contributed by atoms with Crippen LogP contribution in [0.5, 0.6) is 11.5 Å². The lowest BCUT2D eigenvalue weighted by Crippen LogP contribution is -2.23. The van der Waals surface area contributed by atoms with E-state index in [9.17, 15) is 0 Å². The number of nitrogens with zero attached hydrogens (tertiary/aromatic N) is 1. The van der Waals surface area contributed by atoms with Crippen molar-refractivity contribution in [3.8, 4) is 11.5 Å². The van der Waals surface area contributed by atoms with E-state index in [0.29, 0.717) is 18.1 Å². The summed E-state index contributed by atoms with van der Waals surface area (Å²) in [4.78, 5) is 0. The number of methoxy groups -OCH3 is 1. The number of nitrogens with one attached hydrogen (secondary N) is 1. The fraction of sp³-hybridized carbons (Fsp3) is 0.273. The Bertz CT molecular complexity index is 466. The number of ether oxygens (including phenoxy) is 2. The van der Waals surface area contributed by atoms with Crippen molar-refractivity contribution >= 4 is 39.5 Å². The van der Waals surface area contributed by atoms with Crippen molar-refractivity contribution in [2.24, 2.45) is 10.8 Å². The highest BCUT2D eigenvalue weighted by Crippen LogP contribution is 2.36. The van der Waals surface area contributed by atoms with Gasteiger partial charge in [0.2, 0.25) is 0 Å². The minimum atomic E-state index is 0.114. The van der Waals surface area contributed by atoms with Crippen molar-refractivity contribution < 1.29 is 9.47 Å². The van der Waals surface area contributed by atoms with E-state index in [1.165, 1.54) is 0 Å². The summed E-state index contributed by atoms with van der Waals surface area (Å²) in [5.74, 6) is 1.29. The highest BCUT2D eigenvalue weighted by Gasteiger charge is 2.10. The summed E-state index contributed by atoms with van der Waals surface area (Å²) in [5.41, 5.74) is 8.57. The molecule has 0 heterocycles. The van der Waals surface area contributed by atoms with Crippen LogP contribution in [-0.2, 0) is 0 Å². The molecule has 1 aromatic rings. The van der Waals surface area contributed by atoms with E-state index in [1.54, 1.807) is 19.4 Å². The molecule has 0 saturated heterocycles. The fourth-order valence-corrected chi connectivity index (χ4v) is 1.90. The molecule has 0 spiro atoms. The number of hydrazone groups is 1. The van der Waals surface area contributed by atoms with Crippen molar-refractivity contribution in [2.45, 2.75) is 6.92 Å². The average molecular weight is 332 g/mol. The highest BCUT2D eigenvalue weighted by molar-refractivity contribution is 9.10. The van der Waals surface area contributed by atoms with E-state index in [2.05, 4.69) is 38.7 Å². The maximum absolute atomic E-state index is 5.48. The molecule has 7 heteroatoms. The van der Waals surface area contributed by atoms with Gasteiger partial charge in [0.1, 0.15) is 0 Å². The Morgan fingerprint density at radius 3 is 2.89 bits per heavy atom. The predicted molar refractivity (Wildman–Crippen MR) is 79.4 cm³/mol. The second kappa shape index (κ2) is 7.17. The van der Waals surface area contributed by atoms with Crippen LogP contribution < -0.4 is 20.6 Å². The minimum Gasteiger partial charge on any atom is -0.493 e. The summed E-state index contributed by atoms with van der Waals surface area (Å²) < 4.78 is 11.5. The van der Waals surface area contributed by atoms with Crippen LogP contribution in [0.15, 0.2) is 21.7 Å². The number of hydrogen-bond donors (Lipinski definition) is 2. The van der Waals surface area contributed by atoms with Crippen LogP contribution in [0.4, 0.5) is 0 Å². The van der Waals surface area contributed by atoms with Gasteiger partial charge in [-0.25, -0.2) is 0 Å². The third kappa shape index (κ3) is 4.15. The van der Waals surface area contributed by atoms with Crippen molar-refractivity contribution in [2.75, 3.05) is 13.7 Å². The van der Waals surface area contributed by atoms with Crippen molar-refractivity contribution in [3.63, 3.8) is 0 Å². The second-order valence-electron chi connectivity index (χ2n) is 3.20. The minimum absolute atomic E-state index is 0.114. The first-order chi connectivity index (χ1) is 8.58. The average Bonchev–Trinajstić information content (AvgIpc) is 2.31. The van der Waals surface area contributed by atoms with Crippen molar-refractivity contribution in [3.05, 3.63) is 22.2 Å². The first-order valence-electron chi connectivity index (χ1n) is 5.17. The zero-order chi connectivity index (χ0) is 13.5. The summed E-state index contributed by atoms with van der Waals surface area (Å²) in [5, 5.41) is 3.99. The Labute approximate surface area is 119 Å². The standard InChI is InChI=1S/C11H14BrN3O2S/c1-3-17-10-8(12)4-7(5-9(10)16-2)6-14-15-11(13)18/h4-6H,3H2,1-2H3,(H3,13,15,18)/b14-6+. The van der Waals surface area contributed by atoms with Crippen molar-refractivity contribution in [1.82, 2.24) is 5.43 Å². The van der Waals surface area contributed by atoms with Crippen LogP contribution >= 0.6 is 28.1 Å². The molecule has 0 aromatic heterocycles. The van der Waals surface area contributed by atoms with Crippen LogP contribution in [0.1, 0.15) is 12.5 Å². The number of thiocarbonyl (C=S) groups is 1. The van der Waals surface area contributed by atoms with Crippen LogP contribution in [0, 0.1) is 0 Å². The molecule has 1 aromatic carbocycles. The Hall–Kier alpha value is -1.34. The topological polar surface area (TPSA) is 68.9 Å². The largest absolute Gasteiger partial charge is 0.493 e. The van der Waals surface area contributed by atoms with Gasteiger partial charge in [-0.1, -0.05) is 0 Å². The Kier molecular flexibility index (Phi) is 5.87. The van der Waals surface area contributed by atoms with E-state index >= 15 is 0 Å². The van der Waals surface area contributed by atoms with Gasteiger partial charge in [-0.2, -0.15) is 5.10 Å². The van der Waals surface area contributed by atoms with Gasteiger partial charge in [-0.15, -0.1) is 0 Å². The molecule has 0 saturated carbocycles. The van der Waals surface area contributed by atoms with Crippen LogP contribution in [0.25, 0.3) is 0 Å². The van der Waals surface area contributed by atoms with E-state index in [0.717, 1.165) is 10.0 Å². The molecule has 18 heavy (non-hydrogen) atoms. The molecular formula is C11H14BrN3O2S. The molecular weight excluding hydrogens is 318 g/mol. The van der Waals surface area contributed by atoms with Gasteiger partial charge in [0.05, 0.1) is 24.4 Å². The lowest BCUT2D eigenvalue weighted by atomic mass is 10.2. The smallest absolute Gasteiger partial charge is 0.184 e. The van der Waals surface area contributed by atoms with Crippen molar-refractivity contribution in [1.29, 1.82) is 0 Å². The van der Waals surface area contributed by atoms with Gasteiger partial charge in [0.15, 0.2) is 16.6 Å². The van der Waals surface area contributed by atoms with Crippen LogP contribution in [0.3, 0.4) is 0 Å². The lowest BCUT2D eigenvalue weighted by molar-refractivity contribution is 0.309. The summed E-state index contributed by atoms with van der Waals surface area (Å²) in [7, 11) is 1.58. The van der Waals surface area contributed by atoms with Gasteiger partial charge in [-0.3, -0.25) is 5.43 Å². The molecule has 0 aliphatic carbocycles. The molecule has 0 bridgehead atoms. The molecule has 5 nitrogen and oxygen atoms in total. The third-order valence-electron chi connectivity index (χ3n) is 1.93. The molecule has 0 amide bonds. The number of hydrogen-bond acceptors (Lipinski definition) is 4. The summed E-state index contributed by atoms with van der Waals surface area (Å²) in [6.45, 7) is 2.47. The predicted octanol–water partition coefficient (Wildman–Crippen LogP) is 2.02. The summed E-state index contributed by atoms with van der Waals surface area (Å²) >= 11 is 8.06. The Morgan fingerprint density at radius 1 is 1.61 bits per heavy atom. The Morgan fingerprint density at radius 2 is 2.33 bits per heavy atom. The maximum Gasteiger partial charge on any atom is 0.184 e. The van der Waals surface area contributed by atoms with Gasteiger partial charge in [0.25, 0.3) is 0 Å². The maximum atomic E-state index is 5.48. The van der Waals surface area contributed by atoms with E-state index in [-0.39, 0.29) is 5.11 Å². The third-order valence-corrected chi connectivity index (χ3v) is 2.61. The number of benzene rings is 1. The molecule has 3 N–H and O–H groups in total.